The van der Waals surface area contributed by atoms with E-state index in [2.05, 4.69) is 363 Å². The van der Waals surface area contributed by atoms with E-state index in [1.165, 1.54) is 155 Å². The van der Waals surface area contributed by atoms with Gasteiger partial charge in [0.15, 0.2) is 0 Å². The van der Waals surface area contributed by atoms with E-state index in [-0.39, 0.29) is 0 Å². The van der Waals surface area contributed by atoms with Crippen LogP contribution < -0.4 is 19.6 Å². The van der Waals surface area contributed by atoms with Gasteiger partial charge < -0.3 is 19.6 Å². The average molecular weight is 1370 g/mol. The van der Waals surface area contributed by atoms with Crippen molar-refractivity contribution in [3.8, 4) is 0 Å². The number of nitrogens with zero attached hydrogens (tertiary/aromatic N) is 4. The minimum absolute atomic E-state index is 1.25. The van der Waals surface area contributed by atoms with E-state index in [1.807, 2.05) is 111 Å². The molecule has 4 aliphatic heterocycles. The Hall–Kier alpha value is -11.2. The van der Waals surface area contributed by atoms with Gasteiger partial charge in [0.25, 0.3) is 0 Å². The first-order valence-corrected chi connectivity index (χ1v) is 38.3. The van der Waals surface area contributed by atoms with Gasteiger partial charge in [-0.1, -0.05) is 378 Å². The monoisotopic (exact) mass is 1370 g/mol. The van der Waals surface area contributed by atoms with Gasteiger partial charge in [-0.25, -0.2) is 0 Å². The highest BCUT2D eigenvalue weighted by molar-refractivity contribution is 6.09. The fraction of sp³-hybridized carbons (Fsp3) is 0.200. The topological polar surface area (TPSA) is 13.0 Å². The van der Waals surface area contributed by atoms with Gasteiger partial charge in [0.2, 0.25) is 0 Å². The van der Waals surface area contributed by atoms with E-state index >= 15 is 0 Å². The molecule has 18 rings (SSSR count). The fourth-order valence-corrected chi connectivity index (χ4v) is 13.5. The normalized spacial score (nSPS) is 11.4. The molecule has 14 aromatic carbocycles. The minimum atomic E-state index is 1.25. The molecule has 0 saturated carbocycles. The van der Waals surface area contributed by atoms with Crippen LogP contribution in [0.15, 0.2) is 267 Å². The second-order valence-electron chi connectivity index (χ2n) is 23.1. The van der Waals surface area contributed by atoms with Gasteiger partial charge in [-0.3, -0.25) is 0 Å². The maximum atomic E-state index is 2.33. The molecule has 4 heterocycles. The quantitative estimate of drug-likeness (QED) is 0.150. The van der Waals surface area contributed by atoms with Crippen molar-refractivity contribution in [2.45, 2.75) is 111 Å². The molecule has 0 amide bonds. The molecule has 0 aliphatic carbocycles. The standard InChI is InChI=1S/2C23H17N.2C19H15N.8C2H6/c1-24-22-15-13-16-6-2-4-8-19(16)21(22)14-12-18-11-10-17-7-3-5-9-20(17)23(18)24;1-24-22-15-19-8-3-2-7-18(19)14-20(22)13-12-17-11-10-16-6-4-5-9-21(16)23(17)24;1-20-18-9-5-3-7-15(18)10-12-17-16-8-4-2-6-14(16)11-13-19(17)20;1-20-18-9-5-4-6-14(18)10-11-17-12-15-7-2-3-8-16(15)13-19(17)20;8*1-2/h2*2-15H,1H3;2*2-13H,1H3;8*1-2H3. The molecule has 4 heteroatoms. The maximum Gasteiger partial charge on any atom is 0.0561 e. The van der Waals surface area contributed by atoms with Gasteiger partial charge in [0.05, 0.1) is 11.4 Å². The Labute approximate surface area is 624 Å². The van der Waals surface area contributed by atoms with Crippen molar-refractivity contribution in [1.82, 2.24) is 0 Å². The second kappa shape index (κ2) is 40.4. The van der Waals surface area contributed by atoms with Gasteiger partial charge in [0, 0.05) is 84.2 Å². The SMILES string of the molecule is CC.CC.CC.CC.CC.CC.CC.CC.CN1c2cc3ccccc3cc2C=Cc2ccc3ccccc3c21.CN1c2ccc3ccccc3c2C=Cc2ccc3ccccc3c21.CN1c2ccccc2C=Cc2c1ccc1ccccc21.CN1c2ccccc2C=Cc2cc3ccccc3cc21. The smallest absolute Gasteiger partial charge is 0.0561 e. The summed E-state index contributed by atoms with van der Waals surface area (Å²) in [6.45, 7) is 32.0. The molecule has 0 spiro atoms. The first-order chi connectivity index (χ1) is 51.3. The summed E-state index contributed by atoms with van der Waals surface area (Å²) in [7, 11) is 8.62. The summed E-state index contributed by atoms with van der Waals surface area (Å²) in [5, 5.41) is 15.5. The van der Waals surface area contributed by atoms with Crippen molar-refractivity contribution >= 4 is 159 Å². The van der Waals surface area contributed by atoms with Gasteiger partial charge in [-0.15, -0.1) is 0 Å². The summed E-state index contributed by atoms with van der Waals surface area (Å²) in [6.07, 6.45) is 17.8. The number of para-hydroxylation sites is 2. The van der Waals surface area contributed by atoms with Crippen LogP contribution in [-0.4, -0.2) is 28.2 Å². The molecule has 104 heavy (non-hydrogen) atoms. The summed E-state index contributed by atoms with van der Waals surface area (Å²) in [5.41, 5.74) is 20.2. The summed E-state index contributed by atoms with van der Waals surface area (Å²) in [5.74, 6) is 0. The molecule has 532 valence electrons. The van der Waals surface area contributed by atoms with E-state index in [9.17, 15) is 0 Å². The highest BCUT2D eigenvalue weighted by Gasteiger charge is 2.22. The zero-order valence-corrected chi connectivity index (χ0v) is 65.8. The molecule has 0 unspecified atom stereocenters. The molecule has 14 aromatic rings. The lowest BCUT2D eigenvalue weighted by Gasteiger charge is -2.24. The highest BCUT2D eigenvalue weighted by Crippen LogP contribution is 2.45. The molecule has 4 aliphatic rings. The first-order valence-electron chi connectivity index (χ1n) is 38.3. The highest BCUT2D eigenvalue weighted by atomic mass is 15.1. The van der Waals surface area contributed by atoms with E-state index in [0.29, 0.717) is 0 Å². The van der Waals surface area contributed by atoms with Crippen molar-refractivity contribution < 1.29 is 0 Å². The van der Waals surface area contributed by atoms with Crippen LogP contribution in [0, 0.1) is 0 Å². The maximum absolute atomic E-state index is 2.33. The zero-order chi connectivity index (χ0) is 75.2. The van der Waals surface area contributed by atoms with Crippen LogP contribution in [0.3, 0.4) is 0 Å². The van der Waals surface area contributed by atoms with Crippen LogP contribution in [0.4, 0.5) is 45.5 Å². The fourth-order valence-electron chi connectivity index (χ4n) is 13.5. The Kier molecular flexibility index (Phi) is 31.2. The van der Waals surface area contributed by atoms with Gasteiger partial charge in [-0.2, -0.15) is 0 Å². The van der Waals surface area contributed by atoms with Crippen molar-refractivity contribution in [2.24, 2.45) is 0 Å². The molecule has 4 nitrogen and oxygen atoms in total. The minimum Gasteiger partial charge on any atom is -0.344 e. The Morgan fingerprint density at radius 3 is 0.817 bits per heavy atom. The second-order valence-corrected chi connectivity index (χ2v) is 23.1. The van der Waals surface area contributed by atoms with Crippen molar-refractivity contribution in [2.75, 3.05) is 47.8 Å². The van der Waals surface area contributed by atoms with Crippen LogP contribution >= 0.6 is 0 Å². The number of fused-ring (bicyclic) bond motifs is 18. The third-order valence-corrected chi connectivity index (χ3v) is 18.0. The van der Waals surface area contributed by atoms with Crippen LogP contribution in [0.1, 0.15) is 155 Å². The van der Waals surface area contributed by atoms with E-state index in [1.54, 1.807) is 0 Å². The largest absolute Gasteiger partial charge is 0.344 e. The average Bonchev–Trinajstić information content (AvgIpc) is 1.54. The number of benzene rings is 14. The lowest BCUT2D eigenvalue weighted by atomic mass is 10.0. The third kappa shape index (κ3) is 17.5. The number of rotatable bonds is 0. The molecule has 0 N–H and O–H groups in total. The molecule has 0 atom stereocenters. The van der Waals surface area contributed by atoms with Crippen molar-refractivity contribution in [3.05, 3.63) is 311 Å². The number of hydrogen-bond acceptors (Lipinski definition) is 4. The van der Waals surface area contributed by atoms with E-state index in [0.717, 1.165) is 0 Å². The summed E-state index contributed by atoms with van der Waals surface area (Å²) in [6, 6.07) is 95.3. The molecule has 0 bridgehead atoms. The van der Waals surface area contributed by atoms with E-state index < -0.39 is 0 Å². The summed E-state index contributed by atoms with van der Waals surface area (Å²) in [4.78, 5) is 9.22. The van der Waals surface area contributed by atoms with Gasteiger partial charge >= 0.3 is 0 Å². The lowest BCUT2D eigenvalue weighted by Crippen LogP contribution is -2.11. The lowest BCUT2D eigenvalue weighted by molar-refractivity contribution is 1.21. The molecule has 0 radical (unpaired) electrons. The third-order valence-electron chi connectivity index (χ3n) is 18.0. The Balaban J connectivity index is 0.000000182. The summed E-state index contributed by atoms with van der Waals surface area (Å²) < 4.78 is 0. The molecule has 0 saturated heterocycles. The van der Waals surface area contributed by atoms with Gasteiger partial charge in [0.1, 0.15) is 0 Å². The predicted molar refractivity (Wildman–Crippen MR) is 475 cm³/mol. The summed E-state index contributed by atoms with van der Waals surface area (Å²) >= 11 is 0. The molecular weight excluding hydrogens is 1260 g/mol. The van der Waals surface area contributed by atoms with Crippen LogP contribution in [-0.2, 0) is 0 Å². The van der Waals surface area contributed by atoms with Gasteiger partial charge in [-0.05, 0) is 136 Å². The Bertz CT molecular complexity index is 5120. The zero-order valence-electron chi connectivity index (χ0n) is 65.8. The predicted octanol–water partition coefficient (Wildman–Crippen LogP) is 30.9. The van der Waals surface area contributed by atoms with Crippen LogP contribution in [0.5, 0.6) is 0 Å². The Morgan fingerprint density at radius 1 is 0.163 bits per heavy atom. The first kappa shape index (κ1) is 80.1. The molecule has 0 fully saturated rings. The van der Waals surface area contributed by atoms with Crippen LogP contribution in [0.2, 0.25) is 0 Å². The van der Waals surface area contributed by atoms with E-state index in [4.69, 9.17) is 0 Å². The number of anilines is 8. The molecule has 0 aromatic heterocycles. The van der Waals surface area contributed by atoms with Crippen LogP contribution in [0.25, 0.3) is 113 Å². The molecular formula is C100H112N4. The number of hydrogen-bond donors (Lipinski definition) is 0. The van der Waals surface area contributed by atoms with Crippen molar-refractivity contribution in [1.29, 1.82) is 0 Å². The Morgan fingerprint density at radius 2 is 0.413 bits per heavy atom. The van der Waals surface area contributed by atoms with Crippen molar-refractivity contribution in [3.63, 3.8) is 0 Å².